The molecule has 0 N–H and O–H groups in total. The number of imidazole rings is 1. The number of hydrogen-bond donors (Lipinski definition) is 0. The van der Waals surface area contributed by atoms with Crippen molar-refractivity contribution >= 4 is 17.5 Å². The summed E-state index contributed by atoms with van der Waals surface area (Å²) in [6.45, 7) is 3.55. The molecule has 2 heterocycles. The summed E-state index contributed by atoms with van der Waals surface area (Å²) in [6, 6.07) is 4.03. The molecule has 15 heavy (non-hydrogen) atoms. The number of aryl methyl sites for hydroxylation is 1. The minimum Gasteiger partial charge on any atom is -0.306 e. The maximum atomic E-state index is 10.8. The molecule has 0 amide bonds. The van der Waals surface area contributed by atoms with Gasteiger partial charge in [0.1, 0.15) is 5.65 Å². The smallest absolute Gasteiger partial charge is 0.152 e. The van der Waals surface area contributed by atoms with E-state index in [1.165, 1.54) is 18.6 Å². The molecule has 0 bridgehead atoms. The fourth-order valence-corrected chi connectivity index (χ4v) is 1.39. The first-order chi connectivity index (χ1) is 7.15. The summed E-state index contributed by atoms with van der Waals surface area (Å²) in [7, 11) is 0. The van der Waals surface area contributed by atoms with E-state index >= 15 is 0 Å². The van der Waals surface area contributed by atoms with Crippen LogP contribution in [0, 0.1) is 6.92 Å². The maximum Gasteiger partial charge on any atom is 0.152 e. The number of carbonyl (C=O) groups is 1. The molecular weight excluding hydrogens is 188 g/mol. The third-order valence-electron chi connectivity index (χ3n) is 2.12. The van der Waals surface area contributed by atoms with Crippen LogP contribution >= 0.6 is 0 Å². The van der Waals surface area contributed by atoms with Crippen molar-refractivity contribution in [3.8, 4) is 0 Å². The number of nitrogens with zero attached hydrogens (tertiary/aromatic N) is 2. The zero-order chi connectivity index (χ0) is 10.8. The van der Waals surface area contributed by atoms with Gasteiger partial charge in [0, 0.05) is 12.4 Å². The van der Waals surface area contributed by atoms with Crippen LogP contribution in [0.4, 0.5) is 0 Å². The molecule has 0 saturated carbocycles. The summed E-state index contributed by atoms with van der Waals surface area (Å²) in [5.74, 6) is 0.0308. The number of pyridine rings is 1. The van der Waals surface area contributed by atoms with E-state index in [4.69, 9.17) is 0 Å². The van der Waals surface area contributed by atoms with Crippen molar-refractivity contribution in [1.82, 2.24) is 9.38 Å². The standard InChI is InChI=1S/C12H12N2O/c1-9-5-6-14-8-11(4-3-10(2)15)13-12(14)7-9/h3-8H,1-2H3/b4-3+. The number of aromatic nitrogens is 2. The van der Waals surface area contributed by atoms with Gasteiger partial charge in [0.2, 0.25) is 0 Å². The molecule has 0 atom stereocenters. The van der Waals surface area contributed by atoms with Gasteiger partial charge in [0.05, 0.1) is 5.69 Å². The van der Waals surface area contributed by atoms with Crippen molar-refractivity contribution in [2.45, 2.75) is 13.8 Å². The van der Waals surface area contributed by atoms with Gasteiger partial charge >= 0.3 is 0 Å². The third kappa shape index (κ3) is 2.13. The first kappa shape index (κ1) is 9.65. The lowest BCUT2D eigenvalue weighted by Gasteiger charge is -1.92. The Balaban J connectivity index is 2.43. The fraction of sp³-hybridized carbons (Fsp3) is 0.167. The Kier molecular flexibility index (Phi) is 2.37. The van der Waals surface area contributed by atoms with Crippen LogP contribution in [0.2, 0.25) is 0 Å². The highest BCUT2D eigenvalue weighted by Gasteiger charge is 1.98. The predicted molar refractivity (Wildman–Crippen MR) is 59.6 cm³/mol. The average Bonchev–Trinajstić information content (AvgIpc) is 2.56. The summed E-state index contributed by atoms with van der Waals surface area (Å²) in [5.41, 5.74) is 2.88. The second-order valence-corrected chi connectivity index (χ2v) is 3.58. The molecule has 0 fully saturated rings. The van der Waals surface area contributed by atoms with Crippen LogP contribution in [0.3, 0.4) is 0 Å². The van der Waals surface area contributed by atoms with Crippen LogP contribution in [-0.2, 0) is 4.79 Å². The first-order valence-electron chi connectivity index (χ1n) is 4.79. The lowest BCUT2D eigenvalue weighted by molar-refractivity contribution is -0.112. The normalized spacial score (nSPS) is 11.3. The maximum absolute atomic E-state index is 10.8. The van der Waals surface area contributed by atoms with Gasteiger partial charge < -0.3 is 4.40 Å². The van der Waals surface area contributed by atoms with E-state index in [9.17, 15) is 4.79 Å². The van der Waals surface area contributed by atoms with Gasteiger partial charge in [0.15, 0.2) is 5.78 Å². The summed E-state index contributed by atoms with van der Waals surface area (Å²) in [5, 5.41) is 0. The largest absolute Gasteiger partial charge is 0.306 e. The highest BCUT2D eigenvalue weighted by Crippen LogP contribution is 2.08. The van der Waals surface area contributed by atoms with E-state index in [-0.39, 0.29) is 5.78 Å². The predicted octanol–water partition coefficient (Wildman–Crippen LogP) is 2.24. The van der Waals surface area contributed by atoms with Gasteiger partial charge in [-0.15, -0.1) is 0 Å². The molecule has 2 rings (SSSR count). The van der Waals surface area contributed by atoms with Crippen molar-refractivity contribution in [2.75, 3.05) is 0 Å². The second kappa shape index (κ2) is 3.69. The quantitative estimate of drug-likeness (QED) is 0.697. The Morgan fingerprint density at radius 2 is 2.33 bits per heavy atom. The van der Waals surface area contributed by atoms with Crippen LogP contribution in [0.25, 0.3) is 11.7 Å². The molecule has 76 valence electrons. The van der Waals surface area contributed by atoms with Crippen molar-refractivity contribution < 1.29 is 4.79 Å². The number of ketones is 1. The molecular formula is C12H12N2O. The number of hydrogen-bond acceptors (Lipinski definition) is 2. The van der Waals surface area contributed by atoms with Gasteiger partial charge in [-0.05, 0) is 43.7 Å². The molecule has 0 saturated heterocycles. The Hall–Kier alpha value is -1.90. The first-order valence-corrected chi connectivity index (χ1v) is 4.79. The fourth-order valence-electron chi connectivity index (χ4n) is 1.39. The molecule has 0 unspecified atom stereocenters. The average molecular weight is 200 g/mol. The number of allylic oxidation sites excluding steroid dienone is 1. The van der Waals surface area contributed by atoms with Crippen LogP contribution in [-0.4, -0.2) is 15.2 Å². The summed E-state index contributed by atoms with van der Waals surface area (Å²) < 4.78 is 1.94. The van der Waals surface area contributed by atoms with Crippen LogP contribution in [0.15, 0.2) is 30.6 Å². The van der Waals surface area contributed by atoms with E-state index in [2.05, 4.69) is 4.98 Å². The minimum absolute atomic E-state index is 0.0308. The van der Waals surface area contributed by atoms with E-state index in [0.717, 1.165) is 11.3 Å². The highest BCUT2D eigenvalue weighted by molar-refractivity contribution is 5.91. The molecule has 2 aromatic heterocycles. The van der Waals surface area contributed by atoms with Crippen molar-refractivity contribution in [2.24, 2.45) is 0 Å². The van der Waals surface area contributed by atoms with Crippen LogP contribution in [0.5, 0.6) is 0 Å². The number of rotatable bonds is 2. The van der Waals surface area contributed by atoms with Gasteiger partial charge in [0.25, 0.3) is 0 Å². The van der Waals surface area contributed by atoms with Crippen LogP contribution in [0.1, 0.15) is 18.2 Å². The lowest BCUT2D eigenvalue weighted by atomic mass is 10.3. The summed E-state index contributed by atoms with van der Waals surface area (Å²) >= 11 is 0. The zero-order valence-electron chi connectivity index (χ0n) is 8.77. The van der Waals surface area contributed by atoms with Crippen molar-refractivity contribution in [3.63, 3.8) is 0 Å². The Bertz CT molecular complexity index is 538. The molecule has 0 radical (unpaired) electrons. The van der Waals surface area contributed by atoms with Crippen molar-refractivity contribution in [1.29, 1.82) is 0 Å². The molecule has 0 aliphatic rings. The molecule has 2 aromatic rings. The minimum atomic E-state index is 0.0308. The lowest BCUT2D eigenvalue weighted by Crippen LogP contribution is -1.81. The van der Waals surface area contributed by atoms with Crippen LogP contribution < -0.4 is 0 Å². The number of carbonyl (C=O) groups excluding carboxylic acids is 1. The Labute approximate surface area is 88.1 Å². The zero-order valence-corrected chi connectivity index (χ0v) is 8.77. The second-order valence-electron chi connectivity index (χ2n) is 3.58. The van der Waals surface area contributed by atoms with E-state index in [1.807, 2.05) is 35.9 Å². The topological polar surface area (TPSA) is 34.4 Å². The number of fused-ring (bicyclic) bond motifs is 1. The highest BCUT2D eigenvalue weighted by atomic mass is 16.1. The SMILES string of the molecule is CC(=O)/C=C/c1cn2ccc(C)cc2n1. The third-order valence-corrected chi connectivity index (χ3v) is 2.12. The van der Waals surface area contributed by atoms with Gasteiger partial charge in [-0.2, -0.15) is 0 Å². The molecule has 0 spiro atoms. The van der Waals surface area contributed by atoms with Gasteiger partial charge in [-0.3, -0.25) is 4.79 Å². The Morgan fingerprint density at radius 3 is 3.07 bits per heavy atom. The van der Waals surface area contributed by atoms with E-state index in [1.54, 1.807) is 6.08 Å². The molecule has 0 aromatic carbocycles. The van der Waals surface area contributed by atoms with Gasteiger partial charge in [-0.1, -0.05) is 0 Å². The Morgan fingerprint density at radius 1 is 1.53 bits per heavy atom. The molecule has 0 aliphatic heterocycles. The van der Waals surface area contributed by atoms with Crippen molar-refractivity contribution in [3.05, 3.63) is 41.9 Å². The molecule has 3 nitrogen and oxygen atoms in total. The molecule has 3 heteroatoms. The van der Waals surface area contributed by atoms with Gasteiger partial charge in [-0.25, -0.2) is 4.98 Å². The van der Waals surface area contributed by atoms with E-state index in [0.29, 0.717) is 0 Å². The summed E-state index contributed by atoms with van der Waals surface area (Å²) in [4.78, 5) is 15.1. The van der Waals surface area contributed by atoms with E-state index < -0.39 is 0 Å². The molecule has 0 aliphatic carbocycles. The monoisotopic (exact) mass is 200 g/mol. The summed E-state index contributed by atoms with van der Waals surface area (Å²) in [6.07, 6.45) is 7.11.